The number of nitrogens with zero attached hydrogens (tertiary/aromatic N) is 2. The summed E-state index contributed by atoms with van der Waals surface area (Å²) in [5.41, 5.74) is 3.26. The average molecular weight is 750 g/mol. The summed E-state index contributed by atoms with van der Waals surface area (Å²) in [5.74, 6) is -1.62. The van der Waals surface area contributed by atoms with Crippen LogP contribution in [0.4, 0.5) is 8.78 Å². The number of pyridine rings is 2. The van der Waals surface area contributed by atoms with Crippen LogP contribution >= 0.6 is 11.8 Å². The van der Waals surface area contributed by atoms with Crippen LogP contribution in [-0.4, -0.2) is 9.97 Å². The van der Waals surface area contributed by atoms with Gasteiger partial charge in [0.25, 0.3) is 0 Å². The molecule has 0 bridgehead atoms. The molecule has 0 saturated carbocycles. The number of halogens is 2. The topological polar surface area (TPSA) is 35.0 Å². The van der Waals surface area contributed by atoms with Crippen LogP contribution in [0.3, 0.4) is 0 Å². The van der Waals surface area contributed by atoms with Gasteiger partial charge < -0.3 is 9.72 Å². The second-order valence-electron chi connectivity index (χ2n) is 9.47. The van der Waals surface area contributed by atoms with Crippen LogP contribution in [0, 0.1) is 23.8 Å². The van der Waals surface area contributed by atoms with E-state index in [0.717, 1.165) is 38.2 Å². The molecule has 0 atom stereocenters. The number of fused-ring (bicyclic) bond motifs is 2. The summed E-state index contributed by atoms with van der Waals surface area (Å²) in [6.07, 6.45) is 3.32. The maximum Gasteiger partial charge on any atom is 2.00 e. The van der Waals surface area contributed by atoms with Crippen molar-refractivity contribution in [3.05, 3.63) is 168 Å². The van der Waals surface area contributed by atoms with Crippen molar-refractivity contribution in [2.75, 3.05) is 0 Å². The van der Waals surface area contributed by atoms with Crippen LogP contribution in [0.15, 0.2) is 131 Å². The van der Waals surface area contributed by atoms with Crippen LogP contribution in [0.5, 0.6) is 11.5 Å². The molecule has 0 radical (unpaired) electrons. The minimum atomic E-state index is -0.870. The van der Waals surface area contributed by atoms with Gasteiger partial charge in [0.2, 0.25) is 0 Å². The number of ether oxygens (including phenoxy) is 1. The van der Waals surface area contributed by atoms with Crippen LogP contribution in [0.25, 0.3) is 11.3 Å². The van der Waals surface area contributed by atoms with Crippen LogP contribution in [-0.2, 0) is 26.5 Å². The fourth-order valence-electron chi connectivity index (χ4n) is 5.37. The number of hydrogen-bond donors (Lipinski definition) is 0. The Labute approximate surface area is 260 Å². The van der Waals surface area contributed by atoms with E-state index in [4.69, 9.17) is 9.72 Å². The van der Waals surface area contributed by atoms with Gasteiger partial charge in [-0.2, -0.15) is 12.1 Å². The summed E-state index contributed by atoms with van der Waals surface area (Å²) in [4.78, 5) is 11.2. The molecule has 0 spiro atoms. The minimum Gasteiger partial charge on any atom is -0.500 e. The van der Waals surface area contributed by atoms with Crippen molar-refractivity contribution in [3.8, 4) is 22.8 Å². The largest absolute Gasteiger partial charge is 2.00 e. The first-order valence-electron chi connectivity index (χ1n) is 13.0. The van der Waals surface area contributed by atoms with E-state index in [-0.39, 0.29) is 38.1 Å². The Balaban J connectivity index is 0.00000316. The Kier molecular flexibility index (Phi) is 7.76. The molecule has 3 heterocycles. The summed E-state index contributed by atoms with van der Waals surface area (Å²) >= 11 is 1.71. The van der Waals surface area contributed by atoms with Crippen molar-refractivity contribution in [1.82, 2.24) is 9.97 Å². The van der Waals surface area contributed by atoms with Crippen LogP contribution in [0.1, 0.15) is 22.4 Å². The van der Waals surface area contributed by atoms with Gasteiger partial charge in [-0.05, 0) is 47.2 Å². The molecule has 1 aliphatic heterocycles. The normalized spacial score (nSPS) is 12.9. The number of aromatic nitrogens is 2. The van der Waals surface area contributed by atoms with E-state index in [1.165, 1.54) is 0 Å². The van der Waals surface area contributed by atoms with Gasteiger partial charge >= 0.3 is 21.1 Å². The molecule has 0 unspecified atom stereocenters. The van der Waals surface area contributed by atoms with E-state index in [2.05, 4.69) is 41.4 Å². The number of benzene rings is 4. The second-order valence-corrected chi connectivity index (χ2v) is 10.6. The van der Waals surface area contributed by atoms with Crippen LogP contribution in [0.2, 0.25) is 0 Å². The molecule has 0 saturated heterocycles. The Hall–Kier alpha value is -4.12. The third-order valence-corrected chi connectivity index (χ3v) is 8.26. The summed E-state index contributed by atoms with van der Waals surface area (Å²) < 4.78 is 35.7. The summed E-state index contributed by atoms with van der Waals surface area (Å²) in [5, 5.41) is 0. The molecular weight excluding hydrogens is 730 g/mol. The maximum absolute atomic E-state index is 15.0. The van der Waals surface area contributed by atoms with Crippen molar-refractivity contribution < 1.29 is 34.6 Å². The smallest absolute Gasteiger partial charge is 0.500 e. The molecule has 2 aromatic heterocycles. The van der Waals surface area contributed by atoms with Gasteiger partial charge in [0, 0.05) is 33.8 Å². The quantitative estimate of drug-likeness (QED) is 0.165. The molecule has 3 nitrogen and oxygen atoms in total. The van der Waals surface area contributed by atoms with Crippen LogP contribution < -0.4 is 4.74 Å². The monoisotopic (exact) mass is 749 g/mol. The molecule has 1 aliphatic rings. The van der Waals surface area contributed by atoms with Gasteiger partial charge in [-0.1, -0.05) is 84.1 Å². The van der Waals surface area contributed by atoms with Gasteiger partial charge in [-0.25, -0.2) is 0 Å². The molecular formula is C35H20F2N2OPtS. The Morgan fingerprint density at radius 2 is 1.33 bits per heavy atom. The van der Waals surface area contributed by atoms with E-state index in [1.807, 2.05) is 54.6 Å². The zero-order valence-corrected chi connectivity index (χ0v) is 24.9. The third kappa shape index (κ3) is 4.75. The van der Waals surface area contributed by atoms with Gasteiger partial charge in [0.1, 0.15) is 0 Å². The summed E-state index contributed by atoms with van der Waals surface area (Å²) in [6, 6.07) is 40.0. The standard InChI is InChI=1S/C35H20F2N2OS.Pt/c36-28-22-29(37)31(21-25(28)30-14-5-7-18-38-30)40-24-11-9-10-23(20-24)35(34-17-6-8-19-39-34)26-12-1-3-15-32(26)41-33-16-4-2-13-27(33)35;/h1-19,22H;/q-2;+2. The summed E-state index contributed by atoms with van der Waals surface area (Å²) in [7, 11) is 0. The van der Waals surface area contributed by atoms with Crippen molar-refractivity contribution in [3.63, 3.8) is 0 Å². The molecule has 6 aromatic rings. The Morgan fingerprint density at radius 3 is 2.00 bits per heavy atom. The first-order chi connectivity index (χ1) is 20.1. The fourth-order valence-corrected chi connectivity index (χ4v) is 6.56. The fraction of sp³-hybridized carbons (Fsp3) is 0.0286. The predicted molar refractivity (Wildman–Crippen MR) is 154 cm³/mol. The SMILES string of the molecule is Fc1cc(F)c(-c2ccccn2)[c-]c1Oc1[c-]c(C2(c3ccccn3)c3ccccc3Sc3ccccc32)ccc1.[Pt+2]. The van der Waals surface area contributed by atoms with Gasteiger partial charge in [-0.15, -0.1) is 17.7 Å². The zero-order valence-electron chi connectivity index (χ0n) is 21.8. The van der Waals surface area contributed by atoms with Gasteiger partial charge in [0.05, 0.1) is 22.7 Å². The molecule has 7 heteroatoms. The molecule has 7 rings (SSSR count). The summed E-state index contributed by atoms with van der Waals surface area (Å²) in [6.45, 7) is 0. The maximum atomic E-state index is 15.0. The first-order valence-corrected chi connectivity index (χ1v) is 13.8. The van der Waals surface area contributed by atoms with E-state index in [9.17, 15) is 8.78 Å². The molecule has 206 valence electrons. The first kappa shape index (κ1) is 28.0. The Bertz CT molecular complexity index is 1840. The van der Waals surface area contributed by atoms with Crippen molar-refractivity contribution >= 4 is 11.8 Å². The molecule has 0 amide bonds. The molecule has 0 aliphatic carbocycles. The number of rotatable bonds is 5. The van der Waals surface area contributed by atoms with E-state index in [1.54, 1.807) is 48.4 Å². The van der Waals surface area contributed by atoms with E-state index < -0.39 is 17.0 Å². The van der Waals surface area contributed by atoms with E-state index >= 15 is 0 Å². The van der Waals surface area contributed by atoms with E-state index in [0.29, 0.717) is 5.69 Å². The minimum absolute atomic E-state index is 0. The predicted octanol–water partition coefficient (Wildman–Crippen LogP) is 8.66. The van der Waals surface area contributed by atoms with Gasteiger partial charge in [-0.3, -0.25) is 13.8 Å². The zero-order chi connectivity index (χ0) is 27.8. The molecule has 4 aromatic carbocycles. The molecule has 42 heavy (non-hydrogen) atoms. The number of hydrogen-bond acceptors (Lipinski definition) is 4. The second kappa shape index (κ2) is 11.6. The van der Waals surface area contributed by atoms with Crippen molar-refractivity contribution in [2.24, 2.45) is 0 Å². The molecule has 0 fully saturated rings. The van der Waals surface area contributed by atoms with Gasteiger partial charge in [0.15, 0.2) is 0 Å². The Morgan fingerprint density at radius 1 is 0.667 bits per heavy atom. The third-order valence-electron chi connectivity index (χ3n) is 7.10. The van der Waals surface area contributed by atoms with Crippen molar-refractivity contribution in [1.29, 1.82) is 0 Å². The van der Waals surface area contributed by atoms with Crippen molar-refractivity contribution in [2.45, 2.75) is 15.2 Å². The molecule has 0 N–H and O–H groups in total. The average Bonchev–Trinajstić information content (AvgIpc) is 3.02.